The molecule has 0 bridgehead atoms. The highest BCUT2D eigenvalue weighted by atomic mass is 35.5. The van der Waals surface area contributed by atoms with Crippen molar-refractivity contribution in [3.05, 3.63) is 0 Å². The third-order valence-corrected chi connectivity index (χ3v) is 2.85. The molecule has 1 aliphatic rings. The molecule has 0 spiro atoms. The highest BCUT2D eigenvalue weighted by Gasteiger charge is 2.42. The number of alkyl halides is 1. The molecule has 0 aromatic heterocycles. The SMILES string of the molecule is CSCC(=O)NC1(CCl)CC1. The van der Waals surface area contributed by atoms with Crippen molar-refractivity contribution in [1.82, 2.24) is 5.32 Å². The number of rotatable bonds is 4. The lowest BCUT2D eigenvalue weighted by Gasteiger charge is -2.12. The molecule has 11 heavy (non-hydrogen) atoms. The van der Waals surface area contributed by atoms with Gasteiger partial charge in [0.15, 0.2) is 0 Å². The summed E-state index contributed by atoms with van der Waals surface area (Å²) >= 11 is 7.21. The number of carbonyl (C=O) groups is 1. The predicted octanol–water partition coefficient (Wildman–Crippen LogP) is 1.24. The lowest BCUT2D eigenvalue weighted by molar-refractivity contribution is -0.119. The lowest BCUT2D eigenvalue weighted by Crippen LogP contribution is -2.39. The zero-order valence-electron chi connectivity index (χ0n) is 6.52. The molecule has 0 aromatic carbocycles. The fourth-order valence-corrected chi connectivity index (χ4v) is 1.57. The molecule has 1 rings (SSSR count). The molecule has 1 fully saturated rings. The van der Waals surface area contributed by atoms with Crippen molar-refractivity contribution in [2.45, 2.75) is 18.4 Å². The average molecular weight is 194 g/mol. The maximum atomic E-state index is 11.1. The molecule has 1 amide bonds. The number of carbonyl (C=O) groups excluding carboxylic acids is 1. The second-order valence-electron chi connectivity index (χ2n) is 2.90. The van der Waals surface area contributed by atoms with Gasteiger partial charge in [0.25, 0.3) is 0 Å². The summed E-state index contributed by atoms with van der Waals surface area (Å²) in [5.41, 5.74) is -0.0334. The third kappa shape index (κ3) is 2.56. The van der Waals surface area contributed by atoms with Crippen molar-refractivity contribution in [1.29, 1.82) is 0 Å². The zero-order chi connectivity index (χ0) is 8.32. The number of thioether (sulfide) groups is 1. The first-order valence-electron chi connectivity index (χ1n) is 3.58. The van der Waals surface area contributed by atoms with Crippen LogP contribution in [0.5, 0.6) is 0 Å². The van der Waals surface area contributed by atoms with Crippen molar-refractivity contribution in [3.63, 3.8) is 0 Å². The summed E-state index contributed by atoms with van der Waals surface area (Å²) in [5.74, 6) is 1.20. The molecule has 0 atom stereocenters. The highest BCUT2D eigenvalue weighted by molar-refractivity contribution is 7.99. The normalized spacial score (nSPS) is 19.5. The van der Waals surface area contributed by atoms with Gasteiger partial charge in [0.2, 0.25) is 5.91 Å². The van der Waals surface area contributed by atoms with Gasteiger partial charge in [-0.2, -0.15) is 11.8 Å². The van der Waals surface area contributed by atoms with E-state index in [1.165, 1.54) is 11.8 Å². The summed E-state index contributed by atoms with van der Waals surface area (Å²) in [6.45, 7) is 0. The van der Waals surface area contributed by atoms with E-state index in [0.29, 0.717) is 11.6 Å². The first-order chi connectivity index (χ1) is 5.22. The van der Waals surface area contributed by atoms with Crippen LogP contribution in [0.2, 0.25) is 0 Å². The molecule has 0 aliphatic heterocycles. The minimum atomic E-state index is -0.0334. The fourth-order valence-electron chi connectivity index (χ4n) is 0.906. The van der Waals surface area contributed by atoms with Gasteiger partial charge in [-0.15, -0.1) is 11.6 Å². The Balaban J connectivity index is 2.24. The van der Waals surface area contributed by atoms with E-state index in [4.69, 9.17) is 11.6 Å². The molecule has 1 saturated carbocycles. The fraction of sp³-hybridized carbons (Fsp3) is 0.857. The number of hydrogen-bond acceptors (Lipinski definition) is 2. The Labute approximate surface area is 76.1 Å². The standard InChI is InChI=1S/C7H12ClNOS/c1-11-4-6(10)9-7(5-8)2-3-7/h2-5H2,1H3,(H,9,10). The molecule has 1 N–H and O–H groups in total. The van der Waals surface area contributed by atoms with E-state index in [2.05, 4.69) is 5.32 Å². The molecular weight excluding hydrogens is 182 g/mol. The Bertz CT molecular complexity index is 159. The van der Waals surface area contributed by atoms with Crippen LogP contribution < -0.4 is 5.32 Å². The molecule has 0 heterocycles. The molecule has 0 unspecified atom stereocenters. The summed E-state index contributed by atoms with van der Waals surface area (Å²) in [7, 11) is 0. The van der Waals surface area contributed by atoms with E-state index in [1.807, 2.05) is 6.26 Å². The third-order valence-electron chi connectivity index (χ3n) is 1.79. The summed E-state index contributed by atoms with van der Waals surface area (Å²) in [5, 5.41) is 2.93. The van der Waals surface area contributed by atoms with Gasteiger partial charge in [0.05, 0.1) is 11.3 Å². The van der Waals surface area contributed by atoms with E-state index >= 15 is 0 Å². The topological polar surface area (TPSA) is 29.1 Å². The van der Waals surface area contributed by atoms with Crippen LogP contribution in [0.25, 0.3) is 0 Å². The van der Waals surface area contributed by atoms with Gasteiger partial charge in [-0.3, -0.25) is 4.79 Å². The van der Waals surface area contributed by atoms with E-state index < -0.39 is 0 Å². The van der Waals surface area contributed by atoms with E-state index in [-0.39, 0.29) is 11.4 Å². The van der Waals surface area contributed by atoms with Crippen LogP contribution in [0, 0.1) is 0 Å². The molecular formula is C7H12ClNOS. The predicted molar refractivity (Wildman–Crippen MR) is 49.2 cm³/mol. The van der Waals surface area contributed by atoms with Crippen LogP contribution in [0.4, 0.5) is 0 Å². The van der Waals surface area contributed by atoms with Gasteiger partial charge in [0.1, 0.15) is 0 Å². The minimum absolute atomic E-state index is 0.0334. The molecule has 64 valence electrons. The van der Waals surface area contributed by atoms with Crippen LogP contribution >= 0.6 is 23.4 Å². The van der Waals surface area contributed by atoms with Gasteiger partial charge in [-0.25, -0.2) is 0 Å². The summed E-state index contributed by atoms with van der Waals surface area (Å²) in [6.07, 6.45) is 3.99. The Hall–Kier alpha value is 0.110. The van der Waals surface area contributed by atoms with Crippen LogP contribution in [0.15, 0.2) is 0 Å². The molecule has 0 radical (unpaired) electrons. The first-order valence-corrected chi connectivity index (χ1v) is 5.51. The smallest absolute Gasteiger partial charge is 0.230 e. The average Bonchev–Trinajstić information content (AvgIpc) is 2.70. The van der Waals surface area contributed by atoms with Gasteiger partial charge in [-0.05, 0) is 19.1 Å². The van der Waals surface area contributed by atoms with Crippen molar-refractivity contribution >= 4 is 29.3 Å². The van der Waals surface area contributed by atoms with Crippen molar-refractivity contribution < 1.29 is 4.79 Å². The summed E-state index contributed by atoms with van der Waals surface area (Å²) in [6, 6.07) is 0. The van der Waals surface area contributed by atoms with Crippen molar-refractivity contribution in [3.8, 4) is 0 Å². The summed E-state index contributed by atoms with van der Waals surface area (Å²) < 4.78 is 0. The molecule has 2 nitrogen and oxygen atoms in total. The second-order valence-corrected chi connectivity index (χ2v) is 4.03. The number of halogens is 1. The lowest BCUT2D eigenvalue weighted by atomic mass is 10.3. The maximum Gasteiger partial charge on any atom is 0.230 e. The van der Waals surface area contributed by atoms with Gasteiger partial charge >= 0.3 is 0 Å². The number of hydrogen-bond donors (Lipinski definition) is 1. The summed E-state index contributed by atoms with van der Waals surface area (Å²) in [4.78, 5) is 11.1. The zero-order valence-corrected chi connectivity index (χ0v) is 8.10. The number of amides is 1. The Morgan fingerprint density at radius 3 is 2.73 bits per heavy atom. The number of nitrogens with one attached hydrogen (secondary N) is 1. The monoisotopic (exact) mass is 193 g/mol. The van der Waals surface area contributed by atoms with Gasteiger partial charge in [-0.1, -0.05) is 0 Å². The molecule has 4 heteroatoms. The maximum absolute atomic E-state index is 11.1. The minimum Gasteiger partial charge on any atom is -0.349 e. The van der Waals surface area contributed by atoms with Crippen LogP contribution in [-0.2, 0) is 4.79 Å². The molecule has 0 saturated heterocycles. The van der Waals surface area contributed by atoms with E-state index in [9.17, 15) is 4.79 Å². The largest absolute Gasteiger partial charge is 0.349 e. The van der Waals surface area contributed by atoms with E-state index in [1.54, 1.807) is 0 Å². The van der Waals surface area contributed by atoms with Crippen LogP contribution in [-0.4, -0.2) is 29.3 Å². The van der Waals surface area contributed by atoms with Crippen molar-refractivity contribution in [2.75, 3.05) is 17.9 Å². The molecule has 0 aromatic rings. The Morgan fingerprint density at radius 1 is 1.73 bits per heavy atom. The van der Waals surface area contributed by atoms with Crippen molar-refractivity contribution in [2.24, 2.45) is 0 Å². The second kappa shape index (κ2) is 3.68. The molecule has 1 aliphatic carbocycles. The first kappa shape index (κ1) is 9.20. The Morgan fingerprint density at radius 2 is 2.36 bits per heavy atom. The Kier molecular flexibility index (Phi) is 3.07. The van der Waals surface area contributed by atoms with Gasteiger partial charge in [0, 0.05) is 5.88 Å². The van der Waals surface area contributed by atoms with Gasteiger partial charge < -0.3 is 5.32 Å². The van der Waals surface area contributed by atoms with Crippen LogP contribution in [0.3, 0.4) is 0 Å². The van der Waals surface area contributed by atoms with E-state index in [0.717, 1.165) is 12.8 Å². The quantitative estimate of drug-likeness (QED) is 0.681. The highest BCUT2D eigenvalue weighted by Crippen LogP contribution is 2.36. The van der Waals surface area contributed by atoms with Crippen LogP contribution in [0.1, 0.15) is 12.8 Å².